The van der Waals surface area contributed by atoms with Gasteiger partial charge in [0.2, 0.25) is 11.8 Å². The van der Waals surface area contributed by atoms with Gasteiger partial charge in [-0.15, -0.1) is 0 Å². The van der Waals surface area contributed by atoms with Crippen molar-refractivity contribution in [2.24, 2.45) is 5.92 Å². The van der Waals surface area contributed by atoms with Gasteiger partial charge in [0.1, 0.15) is 6.61 Å². The number of rotatable bonds is 6. The molecule has 2 unspecified atom stereocenters. The van der Waals surface area contributed by atoms with Crippen molar-refractivity contribution in [3.8, 4) is 0 Å². The van der Waals surface area contributed by atoms with Crippen molar-refractivity contribution in [1.29, 1.82) is 0 Å². The maximum absolute atomic E-state index is 13.2. The van der Waals surface area contributed by atoms with Crippen molar-refractivity contribution in [2.75, 3.05) is 13.2 Å². The zero-order valence-electron chi connectivity index (χ0n) is 19.3. The average molecular weight is 457 g/mol. The first kappa shape index (κ1) is 25.0. The molecule has 180 valence electrons. The lowest BCUT2D eigenvalue weighted by Crippen LogP contribution is -2.52. The van der Waals surface area contributed by atoms with Crippen LogP contribution in [-0.2, 0) is 25.5 Å². The average Bonchev–Trinajstić information content (AvgIpc) is 3.27. The van der Waals surface area contributed by atoms with Crippen LogP contribution >= 0.6 is 0 Å². The Balaban J connectivity index is 1.65. The molecule has 1 aromatic carbocycles. The Labute approximate surface area is 196 Å². The number of allylic oxidation sites excluding steroid dienone is 2. The monoisotopic (exact) mass is 456 g/mol. The lowest BCUT2D eigenvalue weighted by atomic mass is 9.94. The first-order valence-corrected chi connectivity index (χ1v) is 12.1. The van der Waals surface area contributed by atoms with Crippen LogP contribution in [-0.4, -0.2) is 47.7 Å². The van der Waals surface area contributed by atoms with E-state index in [4.69, 9.17) is 4.74 Å². The van der Waals surface area contributed by atoms with Gasteiger partial charge in [-0.1, -0.05) is 55.3 Å². The van der Waals surface area contributed by atoms with E-state index in [1.165, 1.54) is 0 Å². The predicted octanol–water partition coefficient (Wildman–Crippen LogP) is 2.81. The van der Waals surface area contributed by atoms with E-state index in [1.807, 2.05) is 42.5 Å². The number of nitrogens with one attached hydrogen (secondary N) is 2. The molecule has 33 heavy (non-hydrogen) atoms. The molecule has 1 aliphatic carbocycles. The molecule has 0 saturated heterocycles. The van der Waals surface area contributed by atoms with Crippen LogP contribution in [0.2, 0.25) is 0 Å². The number of carbonyl (C=O) groups is 3. The van der Waals surface area contributed by atoms with Gasteiger partial charge < -0.3 is 20.5 Å². The number of aliphatic hydroxyl groups excluding tert-OH is 1. The van der Waals surface area contributed by atoms with Crippen LogP contribution < -0.4 is 10.6 Å². The zero-order valence-corrected chi connectivity index (χ0v) is 19.3. The van der Waals surface area contributed by atoms with E-state index in [2.05, 4.69) is 10.6 Å². The van der Waals surface area contributed by atoms with E-state index in [1.54, 1.807) is 0 Å². The van der Waals surface area contributed by atoms with E-state index in [0.29, 0.717) is 25.7 Å². The number of carbonyl (C=O) groups excluding carboxylic acids is 3. The molecule has 3 rings (SSSR count). The summed E-state index contributed by atoms with van der Waals surface area (Å²) in [4.78, 5) is 38.1. The summed E-state index contributed by atoms with van der Waals surface area (Å²) < 4.78 is 5.50. The highest BCUT2D eigenvalue weighted by Crippen LogP contribution is 2.31. The van der Waals surface area contributed by atoms with Gasteiger partial charge in [-0.05, 0) is 44.1 Å². The fraction of sp³-hybridized carbons (Fsp3) is 0.577. The summed E-state index contributed by atoms with van der Waals surface area (Å²) in [5.41, 5.74) is 0.484. The van der Waals surface area contributed by atoms with Crippen LogP contribution in [0.1, 0.15) is 63.4 Å². The van der Waals surface area contributed by atoms with Gasteiger partial charge >= 0.3 is 5.97 Å². The normalized spacial score (nSPS) is 22.4. The lowest BCUT2D eigenvalue weighted by molar-refractivity contribution is -0.147. The number of amides is 2. The molecule has 2 amide bonds. The number of cyclic esters (lactones) is 1. The minimum Gasteiger partial charge on any atom is -0.463 e. The molecule has 1 aromatic rings. The summed E-state index contributed by atoms with van der Waals surface area (Å²) >= 11 is 0. The Morgan fingerprint density at radius 1 is 1.15 bits per heavy atom. The molecule has 1 aliphatic heterocycles. The van der Waals surface area contributed by atoms with Gasteiger partial charge in [0, 0.05) is 12.8 Å². The van der Waals surface area contributed by atoms with Crippen molar-refractivity contribution >= 4 is 17.8 Å². The third-order valence-electron chi connectivity index (χ3n) is 6.51. The third-order valence-corrected chi connectivity index (χ3v) is 6.51. The number of benzene rings is 1. The molecular formula is C26H36N2O5. The molecule has 0 radical (unpaired) electrons. The van der Waals surface area contributed by atoms with E-state index < -0.39 is 17.5 Å². The number of ether oxygens (including phenoxy) is 1. The predicted molar refractivity (Wildman–Crippen MR) is 125 cm³/mol. The number of hydrogen-bond acceptors (Lipinski definition) is 5. The molecule has 0 bridgehead atoms. The summed E-state index contributed by atoms with van der Waals surface area (Å²) in [6.07, 6.45) is 10.2. The Bertz CT molecular complexity index is 817. The maximum atomic E-state index is 13.2. The highest BCUT2D eigenvalue weighted by atomic mass is 16.5. The fourth-order valence-electron chi connectivity index (χ4n) is 4.61. The van der Waals surface area contributed by atoms with Crippen molar-refractivity contribution in [2.45, 2.75) is 75.8 Å². The number of aliphatic hydroxyl groups is 1. The summed E-state index contributed by atoms with van der Waals surface area (Å²) in [7, 11) is 0. The minimum atomic E-state index is -0.541. The second-order valence-electron chi connectivity index (χ2n) is 9.27. The van der Waals surface area contributed by atoms with Crippen LogP contribution in [0.3, 0.4) is 0 Å². The van der Waals surface area contributed by atoms with Crippen LogP contribution in [0, 0.1) is 5.92 Å². The van der Waals surface area contributed by atoms with Crippen LogP contribution in [0.5, 0.6) is 0 Å². The molecule has 7 nitrogen and oxygen atoms in total. The van der Waals surface area contributed by atoms with Gasteiger partial charge in [0.15, 0.2) is 0 Å². The largest absolute Gasteiger partial charge is 0.463 e. The first-order valence-electron chi connectivity index (χ1n) is 12.1. The smallest absolute Gasteiger partial charge is 0.305 e. The molecule has 1 saturated carbocycles. The quantitative estimate of drug-likeness (QED) is 0.451. The van der Waals surface area contributed by atoms with Crippen molar-refractivity contribution in [1.82, 2.24) is 10.6 Å². The van der Waals surface area contributed by atoms with Crippen LogP contribution in [0.15, 0.2) is 42.5 Å². The second-order valence-corrected chi connectivity index (χ2v) is 9.27. The summed E-state index contributed by atoms with van der Waals surface area (Å²) in [5.74, 6) is -1.19. The highest BCUT2D eigenvalue weighted by molar-refractivity contribution is 5.86. The SMILES string of the molecule is O=C(CC1CC=CCCCC(=O)OCC2(CCCC2)NC1=O)NC(CO)Cc1ccccc1. The van der Waals surface area contributed by atoms with Gasteiger partial charge in [-0.2, -0.15) is 0 Å². The van der Waals surface area contributed by atoms with Gasteiger partial charge in [0.05, 0.1) is 24.1 Å². The Morgan fingerprint density at radius 3 is 2.64 bits per heavy atom. The first-order chi connectivity index (χ1) is 16.0. The zero-order chi connectivity index (χ0) is 23.5. The molecule has 2 atom stereocenters. The molecule has 1 heterocycles. The molecule has 2 aliphatic rings. The van der Waals surface area contributed by atoms with Gasteiger partial charge in [-0.3, -0.25) is 14.4 Å². The Morgan fingerprint density at radius 2 is 1.91 bits per heavy atom. The van der Waals surface area contributed by atoms with E-state index >= 15 is 0 Å². The van der Waals surface area contributed by atoms with E-state index in [0.717, 1.165) is 37.7 Å². The molecular weight excluding hydrogens is 420 g/mol. The van der Waals surface area contributed by atoms with Crippen LogP contribution in [0.25, 0.3) is 0 Å². The maximum Gasteiger partial charge on any atom is 0.305 e. The molecule has 1 fully saturated rings. The summed E-state index contributed by atoms with van der Waals surface area (Å²) in [6, 6.07) is 9.27. The number of esters is 1. The molecule has 0 aromatic heterocycles. The van der Waals surface area contributed by atoms with Crippen LogP contribution in [0.4, 0.5) is 0 Å². The Kier molecular flexibility index (Phi) is 9.48. The van der Waals surface area contributed by atoms with Crippen molar-refractivity contribution in [3.05, 3.63) is 48.0 Å². The van der Waals surface area contributed by atoms with Gasteiger partial charge in [-0.25, -0.2) is 0 Å². The topological polar surface area (TPSA) is 105 Å². The summed E-state index contributed by atoms with van der Waals surface area (Å²) in [5, 5.41) is 15.8. The van der Waals surface area contributed by atoms with E-state index in [9.17, 15) is 19.5 Å². The lowest BCUT2D eigenvalue weighted by Gasteiger charge is -2.31. The van der Waals surface area contributed by atoms with E-state index in [-0.39, 0.29) is 37.4 Å². The third kappa shape index (κ3) is 8.00. The van der Waals surface area contributed by atoms with Gasteiger partial charge in [0.25, 0.3) is 0 Å². The molecule has 7 heteroatoms. The summed E-state index contributed by atoms with van der Waals surface area (Å²) in [6.45, 7) is 0.0134. The van der Waals surface area contributed by atoms with Crippen molar-refractivity contribution < 1.29 is 24.2 Å². The fourth-order valence-corrected chi connectivity index (χ4v) is 4.61. The second kappa shape index (κ2) is 12.5. The Hall–Kier alpha value is -2.67. The van der Waals surface area contributed by atoms with Crippen molar-refractivity contribution in [3.63, 3.8) is 0 Å². The molecule has 1 spiro atoms. The minimum absolute atomic E-state index is 0.0390. The highest BCUT2D eigenvalue weighted by Gasteiger charge is 2.38. The molecule has 3 N–H and O–H groups in total. The standard InChI is InChI=1S/C26H36N2O5/c29-18-22(16-20-10-4-3-5-11-20)27-23(30)17-21-12-6-1-2-7-13-24(31)33-19-26(28-25(21)32)14-8-9-15-26/h1,3-6,10-11,21-22,29H,2,7-9,12-19H2,(H,27,30)(H,28,32). The number of hydrogen-bond donors (Lipinski definition) is 3.